The van der Waals surface area contributed by atoms with E-state index in [1.54, 1.807) is 6.92 Å². The molecule has 0 saturated carbocycles. The Morgan fingerprint density at radius 1 is 1.26 bits per heavy atom. The lowest BCUT2D eigenvalue weighted by molar-refractivity contribution is -0.130. The molecule has 0 radical (unpaired) electrons. The smallest absolute Gasteiger partial charge is 0.219 e. The molecule has 2 aliphatic rings. The maximum atomic E-state index is 11.4. The molecule has 1 unspecified atom stereocenters. The van der Waals surface area contributed by atoms with Crippen molar-refractivity contribution in [3.8, 4) is 0 Å². The van der Waals surface area contributed by atoms with Crippen LogP contribution < -0.4 is 5.32 Å². The van der Waals surface area contributed by atoms with E-state index >= 15 is 0 Å². The van der Waals surface area contributed by atoms with Crippen molar-refractivity contribution in [3.63, 3.8) is 0 Å². The number of carbonyl (C=O) groups is 1. The summed E-state index contributed by atoms with van der Waals surface area (Å²) in [5, 5.41) is 4.27. The van der Waals surface area contributed by atoms with Gasteiger partial charge in [-0.25, -0.2) is 0 Å². The number of likely N-dealkylation sites (tertiary alicyclic amines) is 1. The summed E-state index contributed by atoms with van der Waals surface area (Å²) in [6.45, 7) is 11.2. The first kappa shape index (κ1) is 18.4. The molecule has 2 aliphatic heterocycles. The summed E-state index contributed by atoms with van der Waals surface area (Å²) in [6.07, 6.45) is 2.18. The zero-order chi connectivity index (χ0) is 16.8. The number of guanidine groups is 1. The van der Waals surface area contributed by atoms with Gasteiger partial charge in [-0.1, -0.05) is 13.8 Å². The zero-order valence-corrected chi connectivity index (χ0v) is 15.9. The van der Waals surface area contributed by atoms with Crippen molar-refractivity contribution in [2.75, 3.05) is 45.5 Å². The lowest BCUT2D eigenvalue weighted by Gasteiger charge is -2.37. The van der Waals surface area contributed by atoms with E-state index in [1.807, 2.05) is 11.9 Å². The van der Waals surface area contributed by atoms with Crippen LogP contribution in [0.25, 0.3) is 0 Å². The average Bonchev–Trinajstić information content (AvgIpc) is 2.56. The van der Waals surface area contributed by atoms with Gasteiger partial charge in [0.2, 0.25) is 5.91 Å². The van der Waals surface area contributed by atoms with Crippen LogP contribution >= 0.6 is 11.8 Å². The highest BCUT2D eigenvalue weighted by molar-refractivity contribution is 8.00. The van der Waals surface area contributed by atoms with E-state index < -0.39 is 0 Å². The van der Waals surface area contributed by atoms with Crippen LogP contribution in [0.5, 0.6) is 0 Å². The molecule has 23 heavy (non-hydrogen) atoms. The fourth-order valence-corrected chi connectivity index (χ4v) is 4.59. The molecule has 0 aliphatic carbocycles. The minimum atomic E-state index is 0.206. The number of carbonyl (C=O) groups excluding carboxylic acids is 1. The fourth-order valence-electron chi connectivity index (χ4n) is 3.29. The Balaban J connectivity index is 1.78. The summed E-state index contributed by atoms with van der Waals surface area (Å²) in [6, 6.07) is 0. The minimum Gasteiger partial charge on any atom is -0.356 e. The Morgan fingerprint density at radius 2 is 1.96 bits per heavy atom. The van der Waals surface area contributed by atoms with E-state index in [0.717, 1.165) is 51.5 Å². The predicted molar refractivity (Wildman–Crippen MR) is 99.0 cm³/mol. The number of aliphatic imine (C=N–C) groups is 1. The zero-order valence-electron chi connectivity index (χ0n) is 15.0. The Hall–Kier alpha value is -0.910. The molecule has 2 saturated heterocycles. The molecular weight excluding hydrogens is 308 g/mol. The summed E-state index contributed by atoms with van der Waals surface area (Å²) in [5.74, 6) is 3.78. The molecule has 0 spiro atoms. The highest BCUT2D eigenvalue weighted by atomic mass is 32.2. The highest BCUT2D eigenvalue weighted by Crippen LogP contribution is 2.25. The molecule has 132 valence electrons. The highest BCUT2D eigenvalue weighted by Gasteiger charge is 2.26. The van der Waals surface area contributed by atoms with Crippen LogP contribution in [0, 0.1) is 11.8 Å². The molecule has 2 rings (SSSR count). The molecular formula is C17H32N4OS. The second kappa shape index (κ2) is 8.81. The van der Waals surface area contributed by atoms with Crippen LogP contribution in [0.3, 0.4) is 0 Å². The first-order chi connectivity index (χ1) is 11.0. The van der Waals surface area contributed by atoms with Gasteiger partial charge in [0.1, 0.15) is 0 Å². The van der Waals surface area contributed by atoms with Crippen molar-refractivity contribution in [1.29, 1.82) is 0 Å². The molecule has 5 nitrogen and oxygen atoms in total. The SMILES string of the molecule is CN=C(NCC1CCN(C(C)=O)CC1)N1CCSC(C(C)C)C1. The van der Waals surface area contributed by atoms with Gasteiger partial charge >= 0.3 is 0 Å². The van der Waals surface area contributed by atoms with Crippen molar-refractivity contribution in [1.82, 2.24) is 15.1 Å². The van der Waals surface area contributed by atoms with Crippen LogP contribution in [-0.4, -0.2) is 72.4 Å². The van der Waals surface area contributed by atoms with E-state index in [2.05, 4.69) is 40.8 Å². The maximum Gasteiger partial charge on any atom is 0.219 e. The lowest BCUT2D eigenvalue weighted by atomic mass is 9.97. The molecule has 1 atom stereocenters. The van der Waals surface area contributed by atoms with E-state index in [1.165, 1.54) is 5.75 Å². The Kier molecular flexibility index (Phi) is 7.06. The lowest BCUT2D eigenvalue weighted by Crippen LogP contribution is -2.50. The van der Waals surface area contributed by atoms with Crippen molar-refractivity contribution in [2.45, 2.75) is 38.9 Å². The quantitative estimate of drug-likeness (QED) is 0.630. The van der Waals surface area contributed by atoms with E-state index in [4.69, 9.17) is 0 Å². The molecule has 0 aromatic rings. The Morgan fingerprint density at radius 3 is 2.52 bits per heavy atom. The number of hydrogen-bond acceptors (Lipinski definition) is 3. The predicted octanol–water partition coefficient (Wildman–Crippen LogP) is 1.89. The summed E-state index contributed by atoms with van der Waals surface area (Å²) in [7, 11) is 1.88. The molecule has 2 heterocycles. The summed E-state index contributed by atoms with van der Waals surface area (Å²) >= 11 is 2.09. The largest absolute Gasteiger partial charge is 0.356 e. The van der Waals surface area contributed by atoms with Crippen molar-refractivity contribution >= 4 is 23.6 Å². The third-order valence-electron chi connectivity index (χ3n) is 4.96. The molecule has 0 aromatic carbocycles. The first-order valence-corrected chi connectivity index (χ1v) is 9.88. The van der Waals surface area contributed by atoms with E-state index in [0.29, 0.717) is 17.1 Å². The maximum absolute atomic E-state index is 11.4. The Labute approximate surface area is 145 Å². The van der Waals surface area contributed by atoms with Crippen LogP contribution in [0.2, 0.25) is 0 Å². The van der Waals surface area contributed by atoms with E-state index in [9.17, 15) is 4.79 Å². The van der Waals surface area contributed by atoms with E-state index in [-0.39, 0.29) is 5.91 Å². The van der Waals surface area contributed by atoms with Gasteiger partial charge in [-0.15, -0.1) is 0 Å². The minimum absolute atomic E-state index is 0.206. The second-order valence-electron chi connectivity index (χ2n) is 6.98. The normalized spacial score (nSPS) is 24.2. The van der Waals surface area contributed by atoms with Gasteiger partial charge in [0.05, 0.1) is 0 Å². The van der Waals surface area contributed by atoms with Gasteiger partial charge in [0, 0.05) is 57.7 Å². The standard InChI is InChI=1S/C17H32N4OS/c1-13(2)16-12-21(9-10-23-16)17(18-4)19-11-15-5-7-20(8-6-15)14(3)22/h13,15-16H,5-12H2,1-4H3,(H,18,19). The first-order valence-electron chi connectivity index (χ1n) is 8.84. The number of hydrogen-bond donors (Lipinski definition) is 1. The van der Waals surface area contributed by atoms with Gasteiger partial charge in [-0.2, -0.15) is 11.8 Å². The van der Waals surface area contributed by atoms with Crippen LogP contribution in [0.15, 0.2) is 4.99 Å². The van der Waals surface area contributed by atoms with Crippen molar-refractivity contribution in [2.24, 2.45) is 16.8 Å². The third-order valence-corrected chi connectivity index (χ3v) is 6.50. The molecule has 0 bridgehead atoms. The summed E-state index contributed by atoms with van der Waals surface area (Å²) in [4.78, 5) is 20.3. The topological polar surface area (TPSA) is 47.9 Å². The number of nitrogens with one attached hydrogen (secondary N) is 1. The molecule has 1 amide bonds. The number of thioether (sulfide) groups is 1. The van der Waals surface area contributed by atoms with Crippen molar-refractivity contribution in [3.05, 3.63) is 0 Å². The number of nitrogens with zero attached hydrogens (tertiary/aromatic N) is 3. The van der Waals surface area contributed by atoms with Crippen LogP contribution in [0.4, 0.5) is 0 Å². The van der Waals surface area contributed by atoms with Gasteiger partial charge in [0.15, 0.2) is 5.96 Å². The van der Waals surface area contributed by atoms with Crippen LogP contribution in [0.1, 0.15) is 33.6 Å². The van der Waals surface area contributed by atoms with Gasteiger partial charge in [-0.3, -0.25) is 9.79 Å². The fraction of sp³-hybridized carbons (Fsp3) is 0.882. The summed E-state index contributed by atoms with van der Waals surface area (Å²) in [5.41, 5.74) is 0. The third kappa shape index (κ3) is 5.30. The number of piperidine rings is 1. The monoisotopic (exact) mass is 340 g/mol. The van der Waals surface area contributed by atoms with Gasteiger partial charge in [0.25, 0.3) is 0 Å². The van der Waals surface area contributed by atoms with Gasteiger partial charge < -0.3 is 15.1 Å². The van der Waals surface area contributed by atoms with Crippen LogP contribution in [-0.2, 0) is 4.79 Å². The number of amides is 1. The molecule has 1 N–H and O–H groups in total. The number of rotatable bonds is 3. The average molecular weight is 341 g/mol. The molecule has 0 aromatic heterocycles. The van der Waals surface area contributed by atoms with Gasteiger partial charge in [-0.05, 0) is 24.7 Å². The molecule has 2 fully saturated rings. The molecule has 6 heteroatoms. The van der Waals surface area contributed by atoms with Crippen molar-refractivity contribution < 1.29 is 4.79 Å². The Bertz CT molecular complexity index is 419. The summed E-state index contributed by atoms with van der Waals surface area (Å²) < 4.78 is 0. The second-order valence-corrected chi connectivity index (χ2v) is 8.32.